The van der Waals surface area contributed by atoms with Gasteiger partial charge in [0, 0.05) is 48.3 Å². The van der Waals surface area contributed by atoms with Crippen LogP contribution in [0.4, 0.5) is 11.4 Å². The van der Waals surface area contributed by atoms with Crippen molar-refractivity contribution in [3.05, 3.63) is 70.5 Å². The summed E-state index contributed by atoms with van der Waals surface area (Å²) in [5, 5.41) is 18.1. The summed E-state index contributed by atoms with van der Waals surface area (Å²) in [5.41, 5.74) is 4.91. The molecule has 2 aliphatic rings. The highest BCUT2D eigenvalue weighted by Crippen LogP contribution is 2.34. The number of nitrogens with one attached hydrogen (secondary N) is 1. The average Bonchev–Trinajstić information content (AvgIpc) is 3.60. The topological polar surface area (TPSA) is 131 Å². The number of hydrogen-bond donors (Lipinski definition) is 2. The van der Waals surface area contributed by atoms with Crippen LogP contribution in [0.1, 0.15) is 24.0 Å². The molecule has 0 saturated carbocycles. The van der Waals surface area contributed by atoms with E-state index in [0.717, 1.165) is 40.6 Å². The van der Waals surface area contributed by atoms with E-state index in [0.29, 0.717) is 49.6 Å². The molecule has 6 rings (SSSR count). The molecule has 1 fully saturated rings. The van der Waals surface area contributed by atoms with Gasteiger partial charge in [0.05, 0.1) is 28.6 Å². The second-order valence-corrected chi connectivity index (χ2v) is 12.2. The van der Waals surface area contributed by atoms with Gasteiger partial charge in [0.25, 0.3) is 5.56 Å². The second kappa shape index (κ2) is 9.65. The number of oxazole rings is 1. The van der Waals surface area contributed by atoms with Crippen molar-refractivity contribution in [3.63, 3.8) is 0 Å². The molecule has 0 radical (unpaired) electrons. The summed E-state index contributed by atoms with van der Waals surface area (Å²) in [6, 6.07) is 10.8. The highest BCUT2D eigenvalue weighted by atomic mass is 32.2. The molecular formula is C28H29N5O5S. The van der Waals surface area contributed by atoms with Crippen LogP contribution in [0.25, 0.3) is 28.3 Å². The van der Waals surface area contributed by atoms with Crippen LogP contribution in [0.3, 0.4) is 0 Å². The average molecular weight is 548 g/mol. The molecule has 2 aliphatic heterocycles. The SMILES string of the molecule is Cc1cc(-c2cnco2)cc(-c2nn(-c3cc(N4CC[C@H](O)C4)ccc3S(C)(=O)=O)c(=O)c3c2CCCN3)c1. The Hall–Kier alpha value is -3.96. The zero-order valence-corrected chi connectivity index (χ0v) is 22.5. The van der Waals surface area contributed by atoms with Crippen molar-refractivity contribution in [2.24, 2.45) is 0 Å². The summed E-state index contributed by atoms with van der Waals surface area (Å²) in [6.45, 7) is 3.67. The number of fused-ring (bicyclic) bond motifs is 1. The number of benzene rings is 2. The lowest BCUT2D eigenvalue weighted by molar-refractivity contribution is 0.198. The minimum absolute atomic E-state index is 0.00824. The first-order valence-corrected chi connectivity index (χ1v) is 14.8. The highest BCUT2D eigenvalue weighted by molar-refractivity contribution is 7.90. The standard InChI is InChI=1S/C28H29N5O5S/c1-17-10-18(24-14-29-16-38-24)12-19(11-17)26-22-4-3-8-30-27(22)28(35)33(31-26)23-13-20(32-9-7-21(34)15-32)5-6-25(23)39(2,36)37/h5-6,10-14,16,21,30,34H,3-4,7-9,15H2,1-2H3/t21-/m0/s1. The summed E-state index contributed by atoms with van der Waals surface area (Å²) in [5.74, 6) is 0.611. The number of nitrogens with zero attached hydrogens (tertiary/aromatic N) is 4. The Labute approximate surface area is 225 Å². The molecule has 1 atom stereocenters. The van der Waals surface area contributed by atoms with E-state index in [4.69, 9.17) is 9.52 Å². The van der Waals surface area contributed by atoms with Crippen LogP contribution in [-0.2, 0) is 16.3 Å². The van der Waals surface area contributed by atoms with Gasteiger partial charge in [-0.1, -0.05) is 0 Å². The number of sulfone groups is 1. The van der Waals surface area contributed by atoms with Gasteiger partial charge in [-0.3, -0.25) is 4.79 Å². The minimum atomic E-state index is -3.70. The zero-order valence-electron chi connectivity index (χ0n) is 21.7. The number of aromatic nitrogens is 3. The van der Waals surface area contributed by atoms with Crippen molar-refractivity contribution in [2.45, 2.75) is 37.2 Å². The predicted molar refractivity (Wildman–Crippen MR) is 148 cm³/mol. The summed E-state index contributed by atoms with van der Waals surface area (Å²) < 4.78 is 32.4. The van der Waals surface area contributed by atoms with E-state index in [1.807, 2.05) is 30.0 Å². The van der Waals surface area contributed by atoms with Crippen LogP contribution in [0, 0.1) is 6.92 Å². The summed E-state index contributed by atoms with van der Waals surface area (Å²) in [6.07, 6.45) is 5.81. The lowest BCUT2D eigenvalue weighted by Gasteiger charge is -2.24. The molecular weight excluding hydrogens is 518 g/mol. The summed E-state index contributed by atoms with van der Waals surface area (Å²) in [4.78, 5) is 19.9. The van der Waals surface area contributed by atoms with Crippen LogP contribution in [0.15, 0.2) is 63.1 Å². The molecule has 0 unspecified atom stereocenters. The third-order valence-corrected chi connectivity index (χ3v) is 8.41. The number of aryl methyl sites for hydroxylation is 1. The quantitative estimate of drug-likeness (QED) is 0.387. The molecule has 0 bridgehead atoms. The van der Waals surface area contributed by atoms with Gasteiger partial charge in [0.2, 0.25) is 0 Å². The number of β-amino-alcohol motifs (C(OH)–C–C–N with tert-alkyl or cyclic N) is 1. The lowest BCUT2D eigenvalue weighted by atomic mass is 9.96. The Kier molecular flexibility index (Phi) is 6.27. The molecule has 202 valence electrons. The summed E-state index contributed by atoms with van der Waals surface area (Å²) >= 11 is 0. The van der Waals surface area contributed by atoms with E-state index >= 15 is 0 Å². The van der Waals surface area contributed by atoms with E-state index in [1.54, 1.807) is 18.3 Å². The van der Waals surface area contributed by atoms with Gasteiger partial charge in [-0.2, -0.15) is 9.78 Å². The number of aliphatic hydroxyl groups is 1. The van der Waals surface area contributed by atoms with Gasteiger partial charge in [0.1, 0.15) is 5.69 Å². The first-order chi connectivity index (χ1) is 18.7. The molecule has 2 aromatic heterocycles. The van der Waals surface area contributed by atoms with Gasteiger partial charge < -0.3 is 19.7 Å². The molecule has 2 N–H and O–H groups in total. The number of aliphatic hydroxyl groups excluding tert-OH is 1. The molecule has 4 heterocycles. The van der Waals surface area contributed by atoms with Gasteiger partial charge in [-0.25, -0.2) is 13.4 Å². The Morgan fingerprint density at radius 1 is 1.15 bits per heavy atom. The number of hydrogen-bond acceptors (Lipinski definition) is 9. The van der Waals surface area contributed by atoms with Gasteiger partial charge >= 0.3 is 0 Å². The van der Waals surface area contributed by atoms with Crippen molar-refractivity contribution in [1.29, 1.82) is 0 Å². The molecule has 2 aromatic carbocycles. The predicted octanol–water partition coefficient (Wildman–Crippen LogP) is 3.20. The Morgan fingerprint density at radius 3 is 2.69 bits per heavy atom. The first-order valence-electron chi connectivity index (χ1n) is 12.9. The monoisotopic (exact) mass is 547 g/mol. The molecule has 0 spiro atoms. The highest BCUT2D eigenvalue weighted by Gasteiger charge is 2.27. The van der Waals surface area contributed by atoms with Crippen molar-refractivity contribution < 1.29 is 17.9 Å². The lowest BCUT2D eigenvalue weighted by Crippen LogP contribution is -2.31. The number of anilines is 2. The van der Waals surface area contributed by atoms with E-state index in [1.165, 1.54) is 17.1 Å². The van der Waals surface area contributed by atoms with Gasteiger partial charge in [0.15, 0.2) is 22.0 Å². The van der Waals surface area contributed by atoms with E-state index in [9.17, 15) is 18.3 Å². The fraction of sp³-hybridized carbons (Fsp3) is 0.321. The van der Waals surface area contributed by atoms with Crippen LogP contribution < -0.4 is 15.8 Å². The smallest absolute Gasteiger partial charge is 0.295 e. The largest absolute Gasteiger partial charge is 0.444 e. The third-order valence-electron chi connectivity index (χ3n) is 7.27. The fourth-order valence-electron chi connectivity index (χ4n) is 5.44. The Morgan fingerprint density at radius 2 is 1.97 bits per heavy atom. The summed E-state index contributed by atoms with van der Waals surface area (Å²) in [7, 11) is -3.70. The van der Waals surface area contributed by atoms with Gasteiger partial charge in [-0.15, -0.1) is 0 Å². The fourth-order valence-corrected chi connectivity index (χ4v) is 6.28. The maximum absolute atomic E-state index is 13.8. The van der Waals surface area contributed by atoms with E-state index in [-0.39, 0.29) is 10.6 Å². The molecule has 39 heavy (non-hydrogen) atoms. The second-order valence-electron chi connectivity index (χ2n) is 10.2. The molecule has 10 nitrogen and oxygen atoms in total. The van der Waals surface area contributed by atoms with E-state index < -0.39 is 21.5 Å². The molecule has 4 aromatic rings. The normalized spacial score (nSPS) is 17.2. The van der Waals surface area contributed by atoms with Crippen LogP contribution in [0.5, 0.6) is 0 Å². The first kappa shape index (κ1) is 25.3. The van der Waals surface area contributed by atoms with E-state index in [2.05, 4.69) is 10.3 Å². The minimum Gasteiger partial charge on any atom is -0.444 e. The third kappa shape index (κ3) is 4.72. The van der Waals surface area contributed by atoms with Crippen LogP contribution in [-0.4, -0.2) is 60.3 Å². The van der Waals surface area contributed by atoms with Crippen molar-refractivity contribution in [2.75, 3.05) is 36.1 Å². The Balaban J connectivity index is 1.60. The molecule has 0 aliphatic carbocycles. The molecule has 1 saturated heterocycles. The van der Waals surface area contributed by atoms with Crippen LogP contribution in [0.2, 0.25) is 0 Å². The van der Waals surface area contributed by atoms with Gasteiger partial charge in [-0.05, 0) is 68.1 Å². The maximum Gasteiger partial charge on any atom is 0.295 e. The molecule has 0 amide bonds. The number of rotatable bonds is 5. The maximum atomic E-state index is 13.8. The van der Waals surface area contributed by atoms with Crippen molar-refractivity contribution in [1.82, 2.24) is 14.8 Å². The Bertz CT molecular complexity index is 1730. The van der Waals surface area contributed by atoms with Crippen LogP contribution >= 0.6 is 0 Å². The van der Waals surface area contributed by atoms with Crippen molar-refractivity contribution >= 4 is 21.2 Å². The molecule has 11 heteroatoms. The zero-order chi connectivity index (χ0) is 27.3. The van der Waals surface area contributed by atoms with Crippen molar-refractivity contribution in [3.8, 4) is 28.3 Å².